The summed E-state index contributed by atoms with van der Waals surface area (Å²) < 4.78 is 11.1. The number of anilines is 1. The standard InChI is InChI=1S/C14H17N3O2/c1-4-15-13-12(18-3)14(17-9-16-13)19-11-8-6-5-7-10(11)2/h5-9H,4H2,1-3H3,(H,15,16,17). The van der Waals surface area contributed by atoms with E-state index in [1.165, 1.54) is 6.33 Å². The molecule has 5 nitrogen and oxygen atoms in total. The number of methoxy groups -OCH3 is 1. The molecule has 2 rings (SSSR count). The molecule has 0 unspecified atom stereocenters. The van der Waals surface area contributed by atoms with Crippen LogP contribution in [0.2, 0.25) is 0 Å². The summed E-state index contributed by atoms with van der Waals surface area (Å²) in [7, 11) is 1.57. The molecule has 0 amide bonds. The third-order valence-corrected chi connectivity index (χ3v) is 2.62. The van der Waals surface area contributed by atoms with Crippen LogP contribution < -0.4 is 14.8 Å². The van der Waals surface area contributed by atoms with Crippen molar-refractivity contribution in [3.63, 3.8) is 0 Å². The average Bonchev–Trinajstić information content (AvgIpc) is 2.42. The van der Waals surface area contributed by atoms with E-state index in [0.29, 0.717) is 17.4 Å². The first kappa shape index (κ1) is 13.1. The SMILES string of the molecule is CCNc1ncnc(Oc2ccccc2C)c1OC. The van der Waals surface area contributed by atoms with Crippen LogP contribution in [0.15, 0.2) is 30.6 Å². The van der Waals surface area contributed by atoms with Gasteiger partial charge in [-0.05, 0) is 25.5 Å². The lowest BCUT2D eigenvalue weighted by Gasteiger charge is -2.13. The molecule has 0 aliphatic rings. The Balaban J connectivity index is 2.35. The number of nitrogens with zero attached hydrogens (tertiary/aromatic N) is 2. The molecule has 0 bridgehead atoms. The first-order valence-corrected chi connectivity index (χ1v) is 6.12. The molecule has 0 saturated carbocycles. The highest BCUT2D eigenvalue weighted by atomic mass is 16.5. The third-order valence-electron chi connectivity index (χ3n) is 2.62. The zero-order valence-electron chi connectivity index (χ0n) is 11.3. The Morgan fingerprint density at radius 1 is 1.21 bits per heavy atom. The largest absolute Gasteiger partial charge is 0.489 e. The van der Waals surface area contributed by atoms with E-state index in [9.17, 15) is 0 Å². The number of rotatable bonds is 5. The molecule has 0 aliphatic carbocycles. The summed E-state index contributed by atoms with van der Waals surface area (Å²) in [6.07, 6.45) is 1.45. The Labute approximate surface area is 112 Å². The molecular weight excluding hydrogens is 242 g/mol. The smallest absolute Gasteiger partial charge is 0.268 e. The van der Waals surface area contributed by atoms with E-state index >= 15 is 0 Å². The minimum atomic E-state index is 0.405. The summed E-state index contributed by atoms with van der Waals surface area (Å²) in [5, 5.41) is 3.11. The summed E-state index contributed by atoms with van der Waals surface area (Å²) in [5.41, 5.74) is 1.04. The second kappa shape index (κ2) is 6.04. The van der Waals surface area contributed by atoms with Gasteiger partial charge in [-0.2, -0.15) is 4.98 Å². The molecule has 0 saturated heterocycles. The molecule has 1 aromatic heterocycles. The highest BCUT2D eigenvalue weighted by molar-refractivity contribution is 5.56. The van der Waals surface area contributed by atoms with E-state index in [1.807, 2.05) is 38.1 Å². The summed E-state index contributed by atoms with van der Waals surface area (Å²) in [6, 6.07) is 7.75. The molecule has 0 radical (unpaired) electrons. The molecule has 1 aromatic carbocycles. The third kappa shape index (κ3) is 2.93. The zero-order chi connectivity index (χ0) is 13.7. The number of hydrogen-bond acceptors (Lipinski definition) is 5. The number of aryl methyl sites for hydroxylation is 1. The summed E-state index contributed by atoms with van der Waals surface area (Å²) >= 11 is 0. The molecule has 19 heavy (non-hydrogen) atoms. The van der Waals surface area contributed by atoms with Crippen LogP contribution in [-0.4, -0.2) is 23.6 Å². The van der Waals surface area contributed by atoms with Crippen LogP contribution >= 0.6 is 0 Å². The monoisotopic (exact) mass is 259 g/mol. The van der Waals surface area contributed by atoms with Gasteiger partial charge in [0.1, 0.15) is 12.1 Å². The predicted octanol–water partition coefficient (Wildman–Crippen LogP) is 3.02. The van der Waals surface area contributed by atoms with Crippen LogP contribution in [-0.2, 0) is 0 Å². The summed E-state index contributed by atoms with van der Waals surface area (Å²) in [6.45, 7) is 4.72. The van der Waals surface area contributed by atoms with E-state index < -0.39 is 0 Å². The predicted molar refractivity (Wildman–Crippen MR) is 74.0 cm³/mol. The first-order chi connectivity index (χ1) is 9.26. The molecular formula is C14H17N3O2. The normalized spacial score (nSPS) is 10.1. The number of aromatic nitrogens is 2. The van der Waals surface area contributed by atoms with E-state index in [-0.39, 0.29) is 0 Å². The van der Waals surface area contributed by atoms with Crippen LogP contribution in [0, 0.1) is 6.92 Å². The van der Waals surface area contributed by atoms with Crippen molar-refractivity contribution in [2.45, 2.75) is 13.8 Å². The molecule has 1 heterocycles. The van der Waals surface area contributed by atoms with Gasteiger partial charge in [0, 0.05) is 6.54 Å². The highest BCUT2D eigenvalue weighted by Crippen LogP contribution is 2.34. The van der Waals surface area contributed by atoms with Gasteiger partial charge in [0.05, 0.1) is 7.11 Å². The minimum absolute atomic E-state index is 0.405. The molecule has 1 N–H and O–H groups in total. The van der Waals surface area contributed by atoms with Gasteiger partial charge >= 0.3 is 0 Å². The maximum atomic E-state index is 5.80. The summed E-state index contributed by atoms with van der Waals surface area (Å²) in [5.74, 6) is 2.29. The summed E-state index contributed by atoms with van der Waals surface area (Å²) in [4.78, 5) is 8.27. The lowest BCUT2D eigenvalue weighted by molar-refractivity contribution is 0.368. The zero-order valence-corrected chi connectivity index (χ0v) is 11.3. The molecule has 0 spiro atoms. The maximum Gasteiger partial charge on any atom is 0.268 e. The fourth-order valence-electron chi connectivity index (χ4n) is 1.68. The molecule has 5 heteroatoms. The van der Waals surface area contributed by atoms with Crippen molar-refractivity contribution in [3.05, 3.63) is 36.2 Å². The number of nitrogens with one attached hydrogen (secondary N) is 1. The highest BCUT2D eigenvalue weighted by Gasteiger charge is 2.14. The van der Waals surface area contributed by atoms with E-state index in [2.05, 4.69) is 15.3 Å². The Bertz CT molecular complexity index is 558. The number of hydrogen-bond donors (Lipinski definition) is 1. The van der Waals surface area contributed by atoms with Crippen molar-refractivity contribution in [3.8, 4) is 17.4 Å². The van der Waals surface area contributed by atoms with Gasteiger partial charge in [-0.1, -0.05) is 18.2 Å². The van der Waals surface area contributed by atoms with Gasteiger partial charge in [-0.25, -0.2) is 4.98 Å². The lowest BCUT2D eigenvalue weighted by Crippen LogP contribution is -2.04. The quantitative estimate of drug-likeness (QED) is 0.894. The van der Waals surface area contributed by atoms with Crippen LogP contribution in [0.1, 0.15) is 12.5 Å². The van der Waals surface area contributed by atoms with Crippen LogP contribution in [0.25, 0.3) is 0 Å². The van der Waals surface area contributed by atoms with E-state index in [4.69, 9.17) is 9.47 Å². The Morgan fingerprint density at radius 3 is 2.68 bits per heavy atom. The maximum absolute atomic E-state index is 5.80. The van der Waals surface area contributed by atoms with Crippen LogP contribution in [0.4, 0.5) is 5.82 Å². The van der Waals surface area contributed by atoms with Crippen molar-refractivity contribution in [1.29, 1.82) is 0 Å². The number of ether oxygens (including phenoxy) is 2. The van der Waals surface area contributed by atoms with Crippen LogP contribution in [0.5, 0.6) is 17.4 Å². The second-order valence-corrected chi connectivity index (χ2v) is 3.96. The molecule has 2 aromatic rings. The Morgan fingerprint density at radius 2 is 2.00 bits per heavy atom. The van der Waals surface area contributed by atoms with Gasteiger partial charge in [-0.3, -0.25) is 0 Å². The van der Waals surface area contributed by atoms with Gasteiger partial charge in [-0.15, -0.1) is 0 Å². The van der Waals surface area contributed by atoms with Crippen molar-refractivity contribution in [2.75, 3.05) is 19.0 Å². The second-order valence-electron chi connectivity index (χ2n) is 3.96. The molecule has 0 aliphatic heterocycles. The lowest BCUT2D eigenvalue weighted by atomic mass is 10.2. The first-order valence-electron chi connectivity index (χ1n) is 6.12. The fraction of sp³-hybridized carbons (Fsp3) is 0.286. The van der Waals surface area contributed by atoms with E-state index in [1.54, 1.807) is 7.11 Å². The molecule has 0 fully saturated rings. The van der Waals surface area contributed by atoms with Crippen molar-refractivity contribution >= 4 is 5.82 Å². The van der Waals surface area contributed by atoms with Crippen molar-refractivity contribution < 1.29 is 9.47 Å². The van der Waals surface area contributed by atoms with Gasteiger partial charge in [0.2, 0.25) is 5.75 Å². The average molecular weight is 259 g/mol. The molecule has 100 valence electrons. The van der Waals surface area contributed by atoms with Gasteiger partial charge in [0.15, 0.2) is 5.82 Å². The van der Waals surface area contributed by atoms with Gasteiger partial charge < -0.3 is 14.8 Å². The number of benzene rings is 1. The van der Waals surface area contributed by atoms with Crippen molar-refractivity contribution in [2.24, 2.45) is 0 Å². The fourth-order valence-corrected chi connectivity index (χ4v) is 1.68. The Hall–Kier alpha value is -2.30. The van der Waals surface area contributed by atoms with E-state index in [0.717, 1.165) is 17.9 Å². The minimum Gasteiger partial charge on any atom is -0.489 e. The number of para-hydroxylation sites is 1. The Kier molecular flexibility index (Phi) is 4.18. The topological polar surface area (TPSA) is 56.3 Å². The van der Waals surface area contributed by atoms with Crippen LogP contribution in [0.3, 0.4) is 0 Å². The van der Waals surface area contributed by atoms with Crippen molar-refractivity contribution in [1.82, 2.24) is 9.97 Å². The molecule has 0 atom stereocenters. The van der Waals surface area contributed by atoms with Gasteiger partial charge in [0.25, 0.3) is 5.88 Å².